The second kappa shape index (κ2) is 10.5. The largest absolute Gasteiger partial charge is 0.264 e. The fraction of sp³-hybridized carbons (Fsp3) is 0. The van der Waals surface area contributed by atoms with Crippen LogP contribution in [-0.2, 0) is 0 Å². The molecule has 0 aliphatic heterocycles. The summed E-state index contributed by atoms with van der Waals surface area (Å²) in [6, 6.07) is 31.9. The van der Waals surface area contributed by atoms with Crippen molar-refractivity contribution in [2.45, 2.75) is 0 Å². The van der Waals surface area contributed by atoms with Gasteiger partial charge in [-0.2, -0.15) is 0 Å². The number of pyridine rings is 2. The van der Waals surface area contributed by atoms with Crippen molar-refractivity contribution >= 4 is 23.2 Å². The summed E-state index contributed by atoms with van der Waals surface area (Å²) in [5.41, 5.74) is 8.60. The van der Waals surface area contributed by atoms with Crippen LogP contribution in [0.4, 0.5) is 0 Å². The van der Waals surface area contributed by atoms with Gasteiger partial charge in [0, 0.05) is 51.5 Å². The van der Waals surface area contributed by atoms with Gasteiger partial charge in [0.05, 0.1) is 11.4 Å². The maximum absolute atomic E-state index is 6.31. The van der Waals surface area contributed by atoms with Crippen molar-refractivity contribution in [1.29, 1.82) is 0 Å². The Morgan fingerprint density at radius 3 is 1.29 bits per heavy atom. The molecule has 0 saturated heterocycles. The highest BCUT2D eigenvalue weighted by Gasteiger charge is 2.13. The van der Waals surface area contributed by atoms with Gasteiger partial charge in [-0.3, -0.25) is 9.97 Å². The Morgan fingerprint density at radius 2 is 0.868 bits per heavy atom. The van der Waals surface area contributed by atoms with E-state index >= 15 is 0 Å². The highest BCUT2D eigenvalue weighted by Crippen LogP contribution is 2.32. The molecular formula is C32H20Cl2N4. The van der Waals surface area contributed by atoms with Crippen molar-refractivity contribution in [2.75, 3.05) is 0 Å². The third-order valence-corrected chi connectivity index (χ3v) is 6.63. The number of nitrogens with zero attached hydrogens (tertiary/aromatic N) is 4. The summed E-state index contributed by atoms with van der Waals surface area (Å²) in [5, 5.41) is 1.06. The topological polar surface area (TPSA) is 51.6 Å². The molecule has 0 saturated carbocycles. The molecule has 182 valence electrons. The standard InChI is InChI=1S/C32H20Cl2N4/c33-28-15-27(16-29(34)17-28)32-37-30(23-9-5-21(6-10-23)25-3-1-13-35-19-25)18-31(38-32)24-11-7-22(8-12-24)26-4-2-14-36-20-26/h1-20H. The summed E-state index contributed by atoms with van der Waals surface area (Å²) in [4.78, 5) is 18.3. The lowest BCUT2D eigenvalue weighted by molar-refractivity contribution is 1.18. The Balaban J connectivity index is 1.44. The lowest BCUT2D eigenvalue weighted by Crippen LogP contribution is -1.96. The maximum Gasteiger partial charge on any atom is 0.160 e. The van der Waals surface area contributed by atoms with Crippen molar-refractivity contribution in [1.82, 2.24) is 19.9 Å². The second-order valence-electron chi connectivity index (χ2n) is 8.76. The zero-order valence-electron chi connectivity index (χ0n) is 20.1. The number of aromatic nitrogens is 4. The van der Waals surface area contributed by atoms with Crippen LogP contribution in [0, 0.1) is 0 Å². The number of rotatable bonds is 5. The normalized spacial score (nSPS) is 10.9. The van der Waals surface area contributed by atoms with Gasteiger partial charge in [0.15, 0.2) is 5.82 Å². The predicted molar refractivity (Wildman–Crippen MR) is 155 cm³/mol. The van der Waals surface area contributed by atoms with Gasteiger partial charge in [0.25, 0.3) is 0 Å². The van der Waals surface area contributed by atoms with E-state index in [9.17, 15) is 0 Å². The number of benzene rings is 3. The van der Waals surface area contributed by atoms with Crippen LogP contribution in [-0.4, -0.2) is 19.9 Å². The Hall–Kier alpha value is -4.38. The molecule has 0 atom stereocenters. The molecule has 6 rings (SSSR count). The summed E-state index contributed by atoms with van der Waals surface area (Å²) in [6.45, 7) is 0. The highest BCUT2D eigenvalue weighted by molar-refractivity contribution is 6.35. The summed E-state index contributed by atoms with van der Waals surface area (Å²) < 4.78 is 0. The molecule has 0 amide bonds. The lowest BCUT2D eigenvalue weighted by Gasteiger charge is -2.11. The average Bonchev–Trinajstić information content (AvgIpc) is 2.97. The Kier molecular flexibility index (Phi) is 6.65. The molecule has 0 N–H and O–H groups in total. The fourth-order valence-corrected chi connectivity index (χ4v) is 4.81. The molecule has 0 radical (unpaired) electrons. The molecule has 0 bridgehead atoms. The SMILES string of the molecule is Clc1cc(Cl)cc(-c2nc(-c3ccc(-c4cccnc4)cc3)cc(-c3ccc(-c4cccnc4)cc3)n2)c1. The molecule has 6 heteroatoms. The van der Waals surface area contributed by atoms with Gasteiger partial charge in [-0.1, -0.05) is 83.9 Å². The number of halogens is 2. The van der Waals surface area contributed by atoms with E-state index in [1.807, 2.05) is 54.9 Å². The van der Waals surface area contributed by atoms with Crippen LogP contribution in [0.1, 0.15) is 0 Å². The molecule has 3 aromatic carbocycles. The molecule has 3 aromatic heterocycles. The molecule has 38 heavy (non-hydrogen) atoms. The quantitative estimate of drug-likeness (QED) is 0.223. The van der Waals surface area contributed by atoms with Crippen molar-refractivity contribution < 1.29 is 0 Å². The van der Waals surface area contributed by atoms with E-state index in [-0.39, 0.29) is 0 Å². The maximum atomic E-state index is 6.31. The molecule has 3 heterocycles. The van der Waals surface area contributed by atoms with E-state index in [1.165, 1.54) is 0 Å². The fourth-order valence-electron chi connectivity index (χ4n) is 4.29. The third-order valence-electron chi connectivity index (χ3n) is 6.20. The molecule has 4 nitrogen and oxygen atoms in total. The van der Waals surface area contributed by atoms with E-state index in [2.05, 4.69) is 58.5 Å². The van der Waals surface area contributed by atoms with Crippen LogP contribution in [0.25, 0.3) is 56.2 Å². The highest BCUT2D eigenvalue weighted by atomic mass is 35.5. The van der Waals surface area contributed by atoms with E-state index in [4.69, 9.17) is 33.2 Å². The van der Waals surface area contributed by atoms with E-state index in [0.29, 0.717) is 15.9 Å². The van der Waals surface area contributed by atoms with Crippen LogP contribution in [0.15, 0.2) is 122 Å². The first-order chi connectivity index (χ1) is 18.6. The summed E-state index contributed by atoms with van der Waals surface area (Å²) >= 11 is 12.6. The first-order valence-electron chi connectivity index (χ1n) is 12.0. The average molecular weight is 531 g/mol. The van der Waals surface area contributed by atoms with Crippen LogP contribution in [0.5, 0.6) is 0 Å². The Bertz CT molecular complexity index is 1580. The zero-order chi connectivity index (χ0) is 25.9. The van der Waals surface area contributed by atoms with Gasteiger partial charge in [0.2, 0.25) is 0 Å². The molecule has 0 fully saturated rings. The second-order valence-corrected chi connectivity index (χ2v) is 9.63. The minimum Gasteiger partial charge on any atom is -0.264 e. The van der Waals surface area contributed by atoms with E-state index in [0.717, 1.165) is 50.3 Å². The minimum atomic E-state index is 0.532. The third kappa shape index (κ3) is 5.18. The molecule has 0 aliphatic carbocycles. The summed E-state index contributed by atoms with van der Waals surface area (Å²) in [7, 11) is 0. The van der Waals surface area contributed by atoms with Gasteiger partial charge in [-0.15, -0.1) is 0 Å². The van der Waals surface area contributed by atoms with Gasteiger partial charge in [0.1, 0.15) is 0 Å². The zero-order valence-corrected chi connectivity index (χ0v) is 21.6. The smallest absolute Gasteiger partial charge is 0.160 e. The van der Waals surface area contributed by atoms with E-state index in [1.54, 1.807) is 18.5 Å². The van der Waals surface area contributed by atoms with Crippen LogP contribution < -0.4 is 0 Å². The molecule has 0 unspecified atom stereocenters. The van der Waals surface area contributed by atoms with Crippen LogP contribution in [0.2, 0.25) is 10.0 Å². The molecular weight excluding hydrogens is 511 g/mol. The molecule has 0 spiro atoms. The number of hydrogen-bond acceptors (Lipinski definition) is 4. The summed E-state index contributed by atoms with van der Waals surface area (Å²) in [6.07, 6.45) is 7.25. The first-order valence-corrected chi connectivity index (χ1v) is 12.8. The van der Waals surface area contributed by atoms with Crippen molar-refractivity contribution in [2.24, 2.45) is 0 Å². The summed E-state index contributed by atoms with van der Waals surface area (Å²) in [5.74, 6) is 0.551. The minimum absolute atomic E-state index is 0.532. The van der Waals surface area contributed by atoms with Gasteiger partial charge < -0.3 is 0 Å². The van der Waals surface area contributed by atoms with Crippen molar-refractivity contribution in [3.63, 3.8) is 0 Å². The Labute approximate surface area is 230 Å². The van der Waals surface area contributed by atoms with Crippen LogP contribution >= 0.6 is 23.2 Å². The van der Waals surface area contributed by atoms with E-state index < -0.39 is 0 Å². The Morgan fingerprint density at radius 1 is 0.421 bits per heavy atom. The number of hydrogen-bond donors (Lipinski definition) is 0. The monoisotopic (exact) mass is 530 g/mol. The lowest BCUT2D eigenvalue weighted by atomic mass is 10.0. The predicted octanol–water partition coefficient (Wildman–Crippen LogP) is 8.91. The van der Waals surface area contributed by atoms with Gasteiger partial charge in [-0.05, 0) is 58.7 Å². The molecule has 6 aromatic rings. The first kappa shape index (κ1) is 24.0. The van der Waals surface area contributed by atoms with Crippen molar-refractivity contribution in [3.05, 3.63) is 132 Å². The van der Waals surface area contributed by atoms with Gasteiger partial charge in [-0.25, -0.2) is 9.97 Å². The van der Waals surface area contributed by atoms with Crippen molar-refractivity contribution in [3.8, 4) is 56.2 Å². The molecule has 0 aliphatic rings. The van der Waals surface area contributed by atoms with Gasteiger partial charge >= 0.3 is 0 Å². The van der Waals surface area contributed by atoms with Crippen LogP contribution in [0.3, 0.4) is 0 Å².